The maximum absolute atomic E-state index is 12.1. The van der Waals surface area contributed by atoms with Crippen LogP contribution < -0.4 is 20.9 Å². The van der Waals surface area contributed by atoms with Crippen LogP contribution in [0.25, 0.3) is 0 Å². The molecule has 0 atom stereocenters. The molecule has 2 rings (SSSR count). The molecule has 0 aliphatic carbocycles. The van der Waals surface area contributed by atoms with Crippen molar-refractivity contribution < 1.29 is 9.59 Å². The summed E-state index contributed by atoms with van der Waals surface area (Å²) in [4.78, 5) is 25.8. The third kappa shape index (κ3) is 5.93. The van der Waals surface area contributed by atoms with Crippen molar-refractivity contribution in [3.8, 4) is 0 Å². The minimum atomic E-state index is -0.364. The quantitative estimate of drug-likeness (QED) is 0.627. The molecule has 3 N–H and O–H groups in total. The van der Waals surface area contributed by atoms with Crippen molar-refractivity contribution >= 4 is 56.5 Å². The number of hydrogen-bond donors (Lipinski definition) is 3. The summed E-state index contributed by atoms with van der Waals surface area (Å²) in [6.45, 7) is 0.214. The molecule has 0 fully saturated rings. The molecule has 0 radical (unpaired) electrons. The zero-order valence-corrected chi connectivity index (χ0v) is 16.8. The summed E-state index contributed by atoms with van der Waals surface area (Å²) in [5.74, 6) is -0.209. The van der Waals surface area contributed by atoms with E-state index in [2.05, 4.69) is 31.9 Å². The highest BCUT2D eigenvalue weighted by Gasteiger charge is 2.12. The van der Waals surface area contributed by atoms with Gasteiger partial charge in [0.1, 0.15) is 0 Å². The molecule has 138 valence electrons. The highest BCUT2D eigenvalue weighted by Crippen LogP contribution is 2.32. The van der Waals surface area contributed by atoms with Gasteiger partial charge in [0.25, 0.3) is 0 Å². The number of nitrogens with zero attached hydrogens (tertiary/aromatic N) is 1. The molecule has 0 saturated heterocycles. The van der Waals surface area contributed by atoms with E-state index in [4.69, 9.17) is 11.6 Å². The highest BCUT2D eigenvalue weighted by atomic mass is 79.9. The van der Waals surface area contributed by atoms with Gasteiger partial charge in [-0.15, -0.1) is 0 Å². The van der Waals surface area contributed by atoms with Crippen LogP contribution in [-0.4, -0.2) is 32.6 Å². The zero-order valence-electron chi connectivity index (χ0n) is 14.5. The molecule has 0 aliphatic rings. The zero-order chi connectivity index (χ0) is 19.1. The van der Waals surface area contributed by atoms with Crippen LogP contribution in [0.5, 0.6) is 0 Å². The lowest BCUT2D eigenvalue weighted by Gasteiger charge is -2.19. The fourth-order valence-corrected chi connectivity index (χ4v) is 2.89. The Morgan fingerprint density at radius 2 is 1.77 bits per heavy atom. The van der Waals surface area contributed by atoms with E-state index in [-0.39, 0.29) is 24.9 Å². The molecule has 3 amide bonds. The third-order valence-electron chi connectivity index (χ3n) is 3.45. The Bertz CT molecular complexity index is 781. The van der Waals surface area contributed by atoms with E-state index in [1.54, 1.807) is 30.3 Å². The predicted octanol–water partition coefficient (Wildman–Crippen LogP) is 4.32. The van der Waals surface area contributed by atoms with Crippen molar-refractivity contribution in [2.24, 2.45) is 0 Å². The van der Waals surface area contributed by atoms with Crippen molar-refractivity contribution in [3.63, 3.8) is 0 Å². The van der Waals surface area contributed by atoms with Gasteiger partial charge in [-0.2, -0.15) is 0 Å². The second kappa shape index (κ2) is 9.45. The molecule has 0 heterocycles. The topological polar surface area (TPSA) is 73.5 Å². The van der Waals surface area contributed by atoms with Crippen LogP contribution in [0.15, 0.2) is 46.9 Å². The molecular formula is C18H20BrClN4O2. The molecular weight excluding hydrogens is 420 g/mol. The smallest absolute Gasteiger partial charge is 0.319 e. The number of benzene rings is 2. The number of anilines is 3. The number of amides is 3. The van der Waals surface area contributed by atoms with Gasteiger partial charge in [-0.1, -0.05) is 33.6 Å². The molecule has 0 bridgehead atoms. The van der Waals surface area contributed by atoms with Crippen molar-refractivity contribution in [3.05, 3.63) is 52.0 Å². The Morgan fingerprint density at radius 1 is 1.08 bits per heavy atom. The summed E-state index contributed by atoms with van der Waals surface area (Å²) < 4.78 is 0.929. The van der Waals surface area contributed by atoms with Crippen molar-refractivity contribution in [2.45, 2.75) is 6.42 Å². The first-order valence-corrected chi connectivity index (χ1v) is 9.10. The van der Waals surface area contributed by atoms with E-state index in [1.165, 1.54) is 0 Å². The van der Waals surface area contributed by atoms with Gasteiger partial charge in [-0.3, -0.25) is 4.79 Å². The van der Waals surface area contributed by atoms with Crippen molar-refractivity contribution in [2.75, 3.05) is 36.2 Å². The van der Waals surface area contributed by atoms with E-state index >= 15 is 0 Å². The first-order chi connectivity index (χ1) is 12.4. The fourth-order valence-electron chi connectivity index (χ4n) is 2.28. The molecule has 2 aromatic carbocycles. The first kappa shape index (κ1) is 20.1. The molecule has 26 heavy (non-hydrogen) atoms. The van der Waals surface area contributed by atoms with Crippen molar-refractivity contribution in [1.82, 2.24) is 5.32 Å². The van der Waals surface area contributed by atoms with Gasteiger partial charge in [0.2, 0.25) is 5.91 Å². The Balaban J connectivity index is 1.81. The summed E-state index contributed by atoms with van der Waals surface area (Å²) in [7, 11) is 3.70. The monoisotopic (exact) mass is 438 g/mol. The lowest BCUT2D eigenvalue weighted by atomic mass is 10.2. The van der Waals surface area contributed by atoms with Gasteiger partial charge in [-0.25, -0.2) is 4.79 Å². The molecule has 8 heteroatoms. The van der Waals surface area contributed by atoms with Gasteiger partial charge in [-0.05, 0) is 36.4 Å². The van der Waals surface area contributed by atoms with Crippen LogP contribution in [0.3, 0.4) is 0 Å². The molecule has 0 spiro atoms. The van der Waals surface area contributed by atoms with Gasteiger partial charge < -0.3 is 20.9 Å². The second-order valence-electron chi connectivity index (χ2n) is 5.72. The standard InChI is InChI=1S/C18H20BrClN4O2/c1-24(2)17-14(20)4-3-5-15(17)23-16(25)10-11-21-18(26)22-13-8-6-12(19)7-9-13/h3-9H,10-11H2,1-2H3,(H,23,25)(H2,21,22,26). The van der Waals surface area contributed by atoms with E-state index in [1.807, 2.05) is 31.1 Å². The van der Waals surface area contributed by atoms with Crippen LogP contribution in [0.2, 0.25) is 5.02 Å². The second-order valence-corrected chi connectivity index (χ2v) is 7.04. The van der Waals surface area contributed by atoms with Crippen LogP contribution in [0.1, 0.15) is 6.42 Å². The van der Waals surface area contributed by atoms with Gasteiger partial charge in [0.05, 0.1) is 16.4 Å². The van der Waals surface area contributed by atoms with E-state index in [0.717, 1.165) is 10.2 Å². The summed E-state index contributed by atoms with van der Waals surface area (Å²) >= 11 is 9.51. The Hall–Kier alpha value is -2.25. The molecule has 0 unspecified atom stereocenters. The number of nitrogens with one attached hydrogen (secondary N) is 3. The number of rotatable bonds is 6. The predicted molar refractivity (Wildman–Crippen MR) is 110 cm³/mol. The number of urea groups is 1. The van der Waals surface area contributed by atoms with Gasteiger partial charge in [0.15, 0.2) is 0 Å². The SMILES string of the molecule is CN(C)c1c(Cl)cccc1NC(=O)CCNC(=O)Nc1ccc(Br)cc1. The molecule has 0 aliphatic heterocycles. The van der Waals surface area contributed by atoms with Crippen LogP contribution in [0.4, 0.5) is 21.9 Å². The van der Waals surface area contributed by atoms with Crippen LogP contribution in [0, 0.1) is 0 Å². The average Bonchev–Trinajstić information content (AvgIpc) is 2.56. The Morgan fingerprint density at radius 3 is 2.42 bits per heavy atom. The molecule has 6 nitrogen and oxygen atoms in total. The number of hydrogen-bond acceptors (Lipinski definition) is 3. The first-order valence-electron chi connectivity index (χ1n) is 7.93. The lowest BCUT2D eigenvalue weighted by Crippen LogP contribution is -2.31. The minimum Gasteiger partial charge on any atom is -0.375 e. The highest BCUT2D eigenvalue weighted by molar-refractivity contribution is 9.10. The molecule has 0 saturated carbocycles. The average molecular weight is 440 g/mol. The molecule has 0 aromatic heterocycles. The number of halogens is 2. The Labute approximate surface area is 166 Å². The largest absolute Gasteiger partial charge is 0.375 e. The van der Waals surface area contributed by atoms with Crippen LogP contribution >= 0.6 is 27.5 Å². The Kier molecular flexibility index (Phi) is 7.29. The fraction of sp³-hybridized carbons (Fsp3) is 0.222. The van der Waals surface area contributed by atoms with E-state index in [9.17, 15) is 9.59 Å². The number of para-hydroxylation sites is 1. The van der Waals surface area contributed by atoms with Crippen molar-refractivity contribution in [1.29, 1.82) is 0 Å². The summed E-state index contributed by atoms with van der Waals surface area (Å²) in [5.41, 5.74) is 2.04. The normalized spacial score (nSPS) is 10.2. The number of carbonyl (C=O) groups is 2. The molecule has 2 aromatic rings. The van der Waals surface area contributed by atoms with E-state index in [0.29, 0.717) is 16.4 Å². The lowest BCUT2D eigenvalue weighted by molar-refractivity contribution is -0.116. The van der Waals surface area contributed by atoms with Gasteiger partial charge >= 0.3 is 6.03 Å². The maximum atomic E-state index is 12.1. The minimum absolute atomic E-state index is 0.146. The maximum Gasteiger partial charge on any atom is 0.319 e. The van der Waals surface area contributed by atoms with Gasteiger partial charge in [0, 0.05) is 37.2 Å². The number of carbonyl (C=O) groups excluding carboxylic acids is 2. The third-order valence-corrected chi connectivity index (χ3v) is 4.28. The van der Waals surface area contributed by atoms with E-state index < -0.39 is 0 Å². The summed E-state index contributed by atoms with van der Waals surface area (Å²) in [6, 6.07) is 12.2. The van der Waals surface area contributed by atoms with Crippen LogP contribution in [-0.2, 0) is 4.79 Å². The summed E-state index contributed by atoms with van der Waals surface area (Å²) in [6.07, 6.45) is 0.146. The summed E-state index contributed by atoms with van der Waals surface area (Å²) in [5, 5.41) is 8.73.